The molecule has 1 N–H and O–H groups in total. The van der Waals surface area contributed by atoms with E-state index in [0.717, 1.165) is 25.7 Å². The molecule has 3 aliphatic rings. The Morgan fingerprint density at radius 2 is 1.92 bits per heavy atom. The molecule has 0 aromatic heterocycles. The van der Waals surface area contributed by atoms with Gasteiger partial charge in [0.1, 0.15) is 0 Å². The first-order chi connectivity index (χ1) is 12.7. The molecule has 1 amide bonds. The minimum absolute atomic E-state index is 0.175. The standard InChI is InChI=1S/C22H33N3O/c1-2-23-21(26)16-24-12-10-22(11-13-24)14-19(18-6-4-3-5-7-18)15-25(17-22)20-8-9-20/h3-7,19-20H,2,8-17H2,1H3,(H,23,26)/t19-/m0/s1. The maximum absolute atomic E-state index is 11.9. The topological polar surface area (TPSA) is 35.6 Å². The van der Waals surface area contributed by atoms with E-state index < -0.39 is 0 Å². The van der Waals surface area contributed by atoms with Crippen LogP contribution < -0.4 is 5.32 Å². The van der Waals surface area contributed by atoms with Crippen molar-refractivity contribution in [1.82, 2.24) is 15.1 Å². The van der Waals surface area contributed by atoms with E-state index in [-0.39, 0.29) is 5.91 Å². The van der Waals surface area contributed by atoms with Gasteiger partial charge in [-0.1, -0.05) is 30.3 Å². The molecule has 3 fully saturated rings. The minimum atomic E-state index is 0.175. The lowest BCUT2D eigenvalue weighted by Crippen LogP contribution is -2.53. The van der Waals surface area contributed by atoms with Gasteiger partial charge in [0.05, 0.1) is 6.54 Å². The van der Waals surface area contributed by atoms with E-state index in [1.807, 2.05) is 6.92 Å². The zero-order chi connectivity index (χ0) is 18.0. The molecule has 2 heterocycles. The van der Waals surface area contributed by atoms with Crippen molar-refractivity contribution < 1.29 is 4.79 Å². The summed E-state index contributed by atoms with van der Waals surface area (Å²) in [5, 5.41) is 2.93. The Labute approximate surface area is 157 Å². The van der Waals surface area contributed by atoms with Gasteiger partial charge in [0.15, 0.2) is 0 Å². The Hall–Kier alpha value is -1.39. The number of likely N-dealkylation sites (tertiary alicyclic amines) is 2. The lowest BCUT2D eigenvalue weighted by Gasteiger charge is -2.50. The second-order valence-electron chi connectivity index (χ2n) is 8.70. The van der Waals surface area contributed by atoms with Crippen LogP contribution in [0.25, 0.3) is 0 Å². The lowest BCUT2D eigenvalue weighted by molar-refractivity contribution is -0.123. The quantitative estimate of drug-likeness (QED) is 0.882. The SMILES string of the molecule is CCNC(=O)CN1CCC2(CC1)C[C@H](c1ccccc1)CN(C1CC1)C2. The van der Waals surface area contributed by atoms with Crippen LogP contribution in [0.1, 0.15) is 50.5 Å². The van der Waals surface area contributed by atoms with Crippen LogP contribution in [-0.2, 0) is 4.79 Å². The van der Waals surface area contributed by atoms with Crippen LogP contribution >= 0.6 is 0 Å². The Bertz CT molecular complexity index is 605. The van der Waals surface area contributed by atoms with E-state index in [0.29, 0.717) is 17.9 Å². The van der Waals surface area contributed by atoms with Crippen LogP contribution in [0.5, 0.6) is 0 Å². The lowest BCUT2D eigenvalue weighted by atomic mass is 9.68. The zero-order valence-corrected chi connectivity index (χ0v) is 16.1. The van der Waals surface area contributed by atoms with E-state index in [1.165, 1.54) is 50.8 Å². The summed E-state index contributed by atoms with van der Waals surface area (Å²) in [6, 6.07) is 12.0. The summed E-state index contributed by atoms with van der Waals surface area (Å²) in [7, 11) is 0. The van der Waals surface area contributed by atoms with Crippen molar-refractivity contribution in [3.05, 3.63) is 35.9 Å². The van der Waals surface area contributed by atoms with Gasteiger partial charge in [-0.25, -0.2) is 0 Å². The molecular weight excluding hydrogens is 322 g/mol. The Balaban J connectivity index is 1.42. The van der Waals surface area contributed by atoms with Crippen molar-refractivity contribution in [3.8, 4) is 0 Å². The van der Waals surface area contributed by atoms with Crippen molar-refractivity contribution in [2.45, 2.75) is 51.0 Å². The van der Waals surface area contributed by atoms with Gasteiger partial charge in [0, 0.05) is 25.7 Å². The number of nitrogens with zero attached hydrogens (tertiary/aromatic N) is 2. The number of carbonyl (C=O) groups is 1. The van der Waals surface area contributed by atoms with Crippen LogP contribution in [0.3, 0.4) is 0 Å². The number of nitrogens with one attached hydrogen (secondary N) is 1. The van der Waals surface area contributed by atoms with E-state index in [4.69, 9.17) is 0 Å². The summed E-state index contributed by atoms with van der Waals surface area (Å²) < 4.78 is 0. The molecule has 1 aromatic carbocycles. The van der Waals surface area contributed by atoms with Crippen LogP contribution in [-0.4, -0.2) is 61.0 Å². The smallest absolute Gasteiger partial charge is 0.234 e. The fourth-order valence-electron chi connectivity index (χ4n) is 5.10. The highest BCUT2D eigenvalue weighted by atomic mass is 16.2. The van der Waals surface area contributed by atoms with Crippen molar-refractivity contribution >= 4 is 5.91 Å². The highest BCUT2D eigenvalue weighted by Gasteiger charge is 2.45. The molecule has 4 nitrogen and oxygen atoms in total. The molecular formula is C22H33N3O. The van der Waals surface area contributed by atoms with E-state index in [1.54, 1.807) is 0 Å². The monoisotopic (exact) mass is 355 g/mol. The fraction of sp³-hybridized carbons (Fsp3) is 0.682. The first kappa shape index (κ1) is 18.0. The number of likely N-dealkylation sites (N-methyl/N-ethyl adjacent to an activating group) is 1. The van der Waals surface area contributed by atoms with E-state index in [2.05, 4.69) is 45.4 Å². The molecule has 4 heteroatoms. The number of benzene rings is 1. The van der Waals surface area contributed by atoms with Crippen molar-refractivity contribution in [3.63, 3.8) is 0 Å². The predicted octanol–water partition coefficient (Wildman–Crippen LogP) is 2.86. The van der Waals surface area contributed by atoms with Crippen LogP contribution in [0, 0.1) is 5.41 Å². The van der Waals surface area contributed by atoms with Gasteiger partial charge in [-0.15, -0.1) is 0 Å². The molecule has 4 rings (SSSR count). The van der Waals surface area contributed by atoms with Gasteiger partial charge in [-0.2, -0.15) is 0 Å². The van der Waals surface area contributed by atoms with Gasteiger partial charge in [0.2, 0.25) is 5.91 Å². The third kappa shape index (κ3) is 4.12. The average Bonchev–Trinajstić information content (AvgIpc) is 3.50. The van der Waals surface area contributed by atoms with Gasteiger partial charge in [0.25, 0.3) is 0 Å². The average molecular weight is 356 g/mol. The summed E-state index contributed by atoms with van der Waals surface area (Å²) >= 11 is 0. The first-order valence-corrected chi connectivity index (χ1v) is 10.5. The third-order valence-electron chi connectivity index (χ3n) is 6.66. The van der Waals surface area contributed by atoms with E-state index in [9.17, 15) is 4.79 Å². The normalized spacial score (nSPS) is 26.7. The molecule has 1 spiro atoms. The van der Waals surface area contributed by atoms with Crippen molar-refractivity contribution in [2.24, 2.45) is 5.41 Å². The molecule has 1 atom stereocenters. The molecule has 1 aromatic rings. The summed E-state index contributed by atoms with van der Waals surface area (Å²) in [6.45, 7) is 7.93. The maximum atomic E-state index is 11.9. The summed E-state index contributed by atoms with van der Waals surface area (Å²) in [5.41, 5.74) is 1.96. The summed E-state index contributed by atoms with van der Waals surface area (Å²) in [6.07, 6.45) is 6.56. The number of hydrogen-bond acceptors (Lipinski definition) is 3. The number of piperidine rings is 2. The van der Waals surface area contributed by atoms with Gasteiger partial charge < -0.3 is 5.32 Å². The van der Waals surface area contributed by atoms with Gasteiger partial charge in [-0.3, -0.25) is 14.6 Å². The maximum Gasteiger partial charge on any atom is 0.234 e. The first-order valence-electron chi connectivity index (χ1n) is 10.5. The fourth-order valence-corrected chi connectivity index (χ4v) is 5.10. The second-order valence-corrected chi connectivity index (χ2v) is 8.70. The second kappa shape index (κ2) is 7.69. The molecule has 0 bridgehead atoms. The molecule has 26 heavy (non-hydrogen) atoms. The Morgan fingerprint density at radius 3 is 2.58 bits per heavy atom. The van der Waals surface area contributed by atoms with Crippen LogP contribution in [0.15, 0.2) is 30.3 Å². The molecule has 1 aliphatic carbocycles. The minimum Gasteiger partial charge on any atom is -0.355 e. The van der Waals surface area contributed by atoms with Crippen LogP contribution in [0.4, 0.5) is 0 Å². The van der Waals surface area contributed by atoms with Crippen molar-refractivity contribution in [1.29, 1.82) is 0 Å². The summed E-state index contributed by atoms with van der Waals surface area (Å²) in [4.78, 5) is 17.0. The van der Waals surface area contributed by atoms with Gasteiger partial charge in [-0.05, 0) is 69.0 Å². The number of carbonyl (C=O) groups excluding carboxylic acids is 1. The highest BCUT2D eigenvalue weighted by Crippen LogP contribution is 2.47. The molecule has 2 saturated heterocycles. The molecule has 0 unspecified atom stereocenters. The Kier molecular flexibility index (Phi) is 5.32. The number of amides is 1. The molecule has 1 saturated carbocycles. The molecule has 142 valence electrons. The zero-order valence-electron chi connectivity index (χ0n) is 16.1. The predicted molar refractivity (Wildman–Crippen MR) is 105 cm³/mol. The van der Waals surface area contributed by atoms with E-state index >= 15 is 0 Å². The number of rotatable bonds is 5. The number of hydrogen-bond donors (Lipinski definition) is 1. The largest absolute Gasteiger partial charge is 0.355 e. The summed E-state index contributed by atoms with van der Waals surface area (Å²) in [5.74, 6) is 0.842. The Morgan fingerprint density at radius 1 is 1.19 bits per heavy atom. The van der Waals surface area contributed by atoms with Gasteiger partial charge >= 0.3 is 0 Å². The molecule has 2 aliphatic heterocycles. The third-order valence-corrected chi connectivity index (χ3v) is 6.66. The van der Waals surface area contributed by atoms with Crippen molar-refractivity contribution in [2.75, 3.05) is 39.3 Å². The highest BCUT2D eigenvalue weighted by molar-refractivity contribution is 5.77. The molecule has 0 radical (unpaired) electrons. The van der Waals surface area contributed by atoms with Crippen LogP contribution in [0.2, 0.25) is 0 Å².